The van der Waals surface area contributed by atoms with Crippen LogP contribution in [-0.2, 0) is 59.3 Å². The molecule has 0 radical (unpaired) electrons. The van der Waals surface area contributed by atoms with Crippen LogP contribution in [0.3, 0.4) is 0 Å². The van der Waals surface area contributed by atoms with E-state index in [9.17, 15) is 40.6 Å². The van der Waals surface area contributed by atoms with E-state index in [-0.39, 0.29) is 40.3 Å². The summed E-state index contributed by atoms with van der Waals surface area (Å²) in [6, 6.07) is 19.5. The van der Waals surface area contributed by atoms with E-state index < -0.39 is 56.1 Å². The lowest BCUT2D eigenvalue weighted by atomic mass is 9.83. The minimum absolute atomic E-state index is 0.0666. The van der Waals surface area contributed by atoms with Gasteiger partial charge >= 0.3 is 0 Å². The van der Waals surface area contributed by atoms with Gasteiger partial charge in [0.05, 0.1) is 9.79 Å². The lowest BCUT2D eigenvalue weighted by Crippen LogP contribution is -2.59. The number of carbonyl (C=O) groups excluding carboxylic acids is 4. The fourth-order valence-corrected chi connectivity index (χ4v) is 7.48. The molecule has 334 valence electrons. The number of hydrogen-bond acceptors (Lipinski definition) is 10. The van der Waals surface area contributed by atoms with Crippen molar-refractivity contribution in [2.75, 3.05) is 0 Å². The molecule has 3 aromatic carbocycles. The first kappa shape index (κ1) is 50.3. The molecule has 1 heterocycles. The lowest BCUT2D eigenvalue weighted by Gasteiger charge is -2.32. The molecule has 3 atom stereocenters. The number of pyridine rings is 1. The number of nitrogen functional groups attached to an aromatic ring is 1. The van der Waals surface area contributed by atoms with Gasteiger partial charge in [-0.15, -0.1) is 0 Å². The van der Waals surface area contributed by atoms with Gasteiger partial charge < -0.3 is 32.0 Å². The van der Waals surface area contributed by atoms with Crippen molar-refractivity contribution in [2.45, 2.75) is 93.6 Å². The zero-order chi connectivity index (χ0) is 46.2. The molecule has 0 saturated heterocycles. The van der Waals surface area contributed by atoms with Gasteiger partial charge in [-0.25, -0.2) is 13.0 Å². The molecule has 1 saturated carbocycles. The first-order valence-corrected chi connectivity index (χ1v) is 22.5. The van der Waals surface area contributed by atoms with Gasteiger partial charge in [0, 0.05) is 37.0 Å². The summed E-state index contributed by atoms with van der Waals surface area (Å²) >= 11 is 0. The van der Waals surface area contributed by atoms with Crippen molar-refractivity contribution in [3.05, 3.63) is 125 Å². The first-order chi connectivity index (χ1) is 29.0. The molecule has 5 rings (SSSR count). The van der Waals surface area contributed by atoms with Crippen molar-refractivity contribution in [1.29, 1.82) is 5.41 Å². The molecule has 1 aromatic heterocycles. The summed E-state index contributed by atoms with van der Waals surface area (Å²) < 4.78 is 62.6. The molecule has 4 aromatic rings. The quantitative estimate of drug-likeness (QED) is 0.0417. The van der Waals surface area contributed by atoms with Crippen LogP contribution in [0.25, 0.3) is 0 Å². The summed E-state index contributed by atoms with van der Waals surface area (Å²) in [6.07, 6.45) is 8.53. The number of carbonyl (C=O) groups is 4. The second kappa shape index (κ2) is 23.3. The van der Waals surface area contributed by atoms with Crippen molar-refractivity contribution >= 4 is 49.7 Å². The fourth-order valence-electron chi connectivity index (χ4n) is 6.54. The molecule has 0 unspecified atom stereocenters. The van der Waals surface area contributed by atoms with E-state index >= 15 is 0 Å². The van der Waals surface area contributed by atoms with Crippen LogP contribution < -0.4 is 32.0 Å². The molecule has 0 bridgehead atoms. The van der Waals surface area contributed by atoms with Crippen molar-refractivity contribution < 1.29 is 49.7 Å². The van der Waals surface area contributed by atoms with Crippen LogP contribution >= 0.6 is 0 Å². The third-order valence-corrected chi connectivity index (χ3v) is 11.5. The number of primary amides is 1. The zero-order valence-electron chi connectivity index (χ0n) is 35.0. The minimum Gasteiger partial charge on any atom is -0.744 e. The summed E-state index contributed by atoms with van der Waals surface area (Å²) in [6.45, 7) is 4.99. The number of benzene rings is 3. The van der Waals surface area contributed by atoms with Crippen LogP contribution in [-0.4, -0.2) is 73.5 Å². The monoisotopic (exact) mass is 893 g/mol. The van der Waals surface area contributed by atoms with Gasteiger partial charge in [-0.1, -0.05) is 78.9 Å². The summed E-state index contributed by atoms with van der Waals surface area (Å²) in [5.74, 6) is -2.21. The van der Waals surface area contributed by atoms with E-state index in [2.05, 4.69) is 16.0 Å². The standard InChI is InChI=1S/C29H39N7O4.2C7H8O3S/c1-18(37)33-24(15-19-10-12-22(13-11-19)26(30)31)28(39)35-25(21-8-4-3-5-9-21)29(40)34-23(27(32)38)16-20-7-6-14-36(2)17-20;2*1-6-2-4-7(5-3-6)11(8,9)10/h6-7,10-14,17,21,23-25H,3-5,8-9,15-16H2,1-2H3,(H7-,30,31,32,33,34,35,37,38,39,40);2*2-5H,1H3,(H,8,9,10)/t23-,24-,25-;;/m0../s1. The van der Waals surface area contributed by atoms with Gasteiger partial charge in [-0.3, -0.25) is 29.1 Å². The molecule has 1 aliphatic rings. The van der Waals surface area contributed by atoms with E-state index in [1.807, 2.05) is 50.0 Å². The topological polar surface area (TPSA) is 296 Å². The molecule has 1 aliphatic carbocycles. The lowest BCUT2D eigenvalue weighted by molar-refractivity contribution is -0.671. The highest BCUT2D eigenvalue weighted by Crippen LogP contribution is 2.27. The molecule has 9 N–H and O–H groups in total. The third kappa shape index (κ3) is 17.2. The van der Waals surface area contributed by atoms with Gasteiger partial charge in [0.2, 0.25) is 23.6 Å². The summed E-state index contributed by atoms with van der Waals surface area (Å²) in [7, 11) is -6.43. The average molecular weight is 894 g/mol. The van der Waals surface area contributed by atoms with E-state index in [0.29, 0.717) is 5.56 Å². The second-order valence-corrected chi connectivity index (χ2v) is 17.9. The molecule has 0 spiro atoms. The van der Waals surface area contributed by atoms with Gasteiger partial charge in [0.25, 0.3) is 10.1 Å². The summed E-state index contributed by atoms with van der Waals surface area (Å²) in [4.78, 5) is 51.1. The molecular weight excluding hydrogens is 839 g/mol. The number of nitrogens with one attached hydrogen (secondary N) is 4. The molecule has 0 aliphatic heterocycles. The Kier molecular flexibility index (Phi) is 18.9. The largest absolute Gasteiger partial charge is 0.744 e. The first-order valence-electron chi connectivity index (χ1n) is 19.6. The average Bonchev–Trinajstić information content (AvgIpc) is 3.20. The normalized spacial score (nSPS) is 14.2. The van der Waals surface area contributed by atoms with Crippen molar-refractivity contribution in [1.82, 2.24) is 16.0 Å². The summed E-state index contributed by atoms with van der Waals surface area (Å²) in [5.41, 5.74) is 15.2. The maximum atomic E-state index is 13.6. The zero-order valence-corrected chi connectivity index (χ0v) is 36.7. The second-order valence-electron chi connectivity index (χ2n) is 15.1. The summed E-state index contributed by atoms with van der Waals surface area (Å²) in [5, 5.41) is 15.9. The van der Waals surface area contributed by atoms with E-state index in [4.69, 9.17) is 21.4 Å². The van der Waals surface area contributed by atoms with Crippen LogP contribution in [0.15, 0.2) is 107 Å². The van der Waals surface area contributed by atoms with Crippen LogP contribution in [0.5, 0.6) is 0 Å². The Hall–Kier alpha value is -6.02. The Labute approximate surface area is 362 Å². The third-order valence-electron chi connectivity index (χ3n) is 9.83. The van der Waals surface area contributed by atoms with Crippen LogP contribution in [0.4, 0.5) is 0 Å². The number of aromatic nitrogens is 1. The maximum Gasteiger partial charge on any atom is 0.294 e. The van der Waals surface area contributed by atoms with Crippen LogP contribution in [0, 0.1) is 25.2 Å². The Balaban J connectivity index is 0.000000374. The SMILES string of the molecule is CC(=O)N[C@@H](Cc1ccc(C(=N)N)cc1)C(=O)N[C@H](C(=O)N[C@@H](Cc1ccc[n+](C)c1)C(N)=O)C1CCCCC1.Cc1ccc(S(=O)(=O)O)cc1.Cc1ccc(S(=O)(=O)[O-])cc1. The number of aryl methyl sites for hydroxylation is 3. The highest BCUT2D eigenvalue weighted by Gasteiger charge is 2.35. The number of hydrogen-bond donors (Lipinski definition) is 7. The van der Waals surface area contributed by atoms with Gasteiger partial charge in [0.1, 0.15) is 41.1 Å². The van der Waals surface area contributed by atoms with Gasteiger partial charge in [-0.05, 0) is 68.5 Å². The molecule has 4 amide bonds. The minimum atomic E-state index is -4.27. The highest BCUT2D eigenvalue weighted by molar-refractivity contribution is 7.86. The number of nitrogens with zero attached hydrogens (tertiary/aromatic N) is 1. The van der Waals surface area contributed by atoms with Crippen LogP contribution in [0.1, 0.15) is 66.8 Å². The molecule has 17 nitrogen and oxygen atoms in total. The van der Waals surface area contributed by atoms with Crippen LogP contribution in [0.2, 0.25) is 0 Å². The van der Waals surface area contributed by atoms with Crippen molar-refractivity contribution in [2.24, 2.45) is 24.4 Å². The van der Waals surface area contributed by atoms with E-state index in [1.165, 1.54) is 31.2 Å². The Bertz CT molecular complexity index is 2310. The number of rotatable bonds is 14. The molecular formula is C43H55N7O10S2. The van der Waals surface area contributed by atoms with Gasteiger partial charge in [-0.2, -0.15) is 8.42 Å². The number of nitrogens with two attached hydrogens (primary N) is 2. The Morgan fingerprint density at radius 3 is 1.76 bits per heavy atom. The molecule has 1 fully saturated rings. The Morgan fingerprint density at radius 1 is 0.758 bits per heavy atom. The van der Waals surface area contributed by atoms with Gasteiger partial charge in [0.15, 0.2) is 12.4 Å². The predicted octanol–water partition coefficient (Wildman–Crippen LogP) is 2.26. The molecule has 19 heteroatoms. The van der Waals surface area contributed by atoms with E-state index in [1.54, 1.807) is 48.5 Å². The fraction of sp³-hybridized carbons (Fsp3) is 0.349. The maximum absolute atomic E-state index is 13.6. The smallest absolute Gasteiger partial charge is 0.294 e. The Morgan fingerprint density at radius 2 is 1.29 bits per heavy atom. The number of amidine groups is 1. The van der Waals surface area contributed by atoms with Crippen molar-refractivity contribution in [3.8, 4) is 0 Å². The highest BCUT2D eigenvalue weighted by atomic mass is 32.2. The molecule has 62 heavy (non-hydrogen) atoms. The van der Waals surface area contributed by atoms with Crippen molar-refractivity contribution in [3.63, 3.8) is 0 Å². The number of amides is 4. The van der Waals surface area contributed by atoms with E-state index in [0.717, 1.165) is 54.4 Å². The predicted molar refractivity (Wildman–Crippen MR) is 230 cm³/mol.